The number of hydrogen-bond acceptors (Lipinski definition) is 3. The molecule has 2 aliphatic heterocycles. The van der Waals surface area contributed by atoms with Crippen LogP contribution in [0.25, 0.3) is 6.08 Å². The van der Waals surface area contributed by atoms with Crippen LogP contribution < -0.4 is 5.32 Å². The molecule has 0 saturated carbocycles. The molecule has 0 radical (unpaired) electrons. The summed E-state index contributed by atoms with van der Waals surface area (Å²) >= 11 is 9.74. The van der Waals surface area contributed by atoms with Gasteiger partial charge in [0.15, 0.2) is 0 Å². The third-order valence-corrected chi connectivity index (χ3v) is 6.43. The van der Waals surface area contributed by atoms with Gasteiger partial charge in [-0.3, -0.25) is 0 Å². The molecule has 1 aromatic carbocycles. The summed E-state index contributed by atoms with van der Waals surface area (Å²) in [7, 11) is 0. The summed E-state index contributed by atoms with van der Waals surface area (Å²) < 4.78 is 5.58. The predicted octanol–water partition coefficient (Wildman–Crippen LogP) is 6.87. The summed E-state index contributed by atoms with van der Waals surface area (Å²) in [6.07, 6.45) is 9.96. The maximum atomic E-state index is 12.5. The molecule has 0 spiro atoms. The van der Waals surface area contributed by atoms with Gasteiger partial charge in [0.25, 0.3) is 0 Å². The number of nitrogens with zero attached hydrogens (tertiary/aromatic N) is 1. The van der Waals surface area contributed by atoms with Crippen LogP contribution in [-0.4, -0.2) is 35.7 Å². The smallest absolute Gasteiger partial charge is 0.410 e. The van der Waals surface area contributed by atoms with Gasteiger partial charge in [0.05, 0.1) is 6.04 Å². The van der Waals surface area contributed by atoms with Crippen LogP contribution in [0.1, 0.15) is 57.6 Å². The lowest BCUT2D eigenvalue weighted by molar-refractivity contribution is 0.0170. The Morgan fingerprint density at radius 2 is 2.03 bits per heavy atom. The summed E-state index contributed by atoms with van der Waals surface area (Å²) in [6.45, 7) is 9.32. The standard InChI is InChI=1S/C25H32BrClN2O2/c1-17-6-5-13-28-23(17)22(21-8-7-20(27)16-19(21)9-12-26)18-10-14-29(15-11-18)24(30)31-25(2,3)4/h5-9,12-13,16,18,22-23,28H,10-11,14-15H2,1-4H3/b12-9+. The molecule has 0 aliphatic carbocycles. The van der Waals surface area contributed by atoms with E-state index in [1.54, 1.807) is 0 Å². The Morgan fingerprint density at radius 3 is 2.65 bits per heavy atom. The summed E-state index contributed by atoms with van der Waals surface area (Å²) in [4.78, 5) is 16.3. The molecule has 1 aromatic rings. The number of likely N-dealkylation sites (tertiary alicyclic amines) is 1. The minimum atomic E-state index is -0.475. The van der Waals surface area contributed by atoms with Crippen molar-refractivity contribution in [2.45, 2.75) is 58.1 Å². The SMILES string of the molecule is CC1=CC=CNC1C(c1ccc(Cl)cc1/C=C/Br)C1CCN(C(=O)OC(C)(C)C)CC1. The van der Waals surface area contributed by atoms with Crippen LogP contribution in [0.5, 0.6) is 0 Å². The zero-order valence-corrected chi connectivity index (χ0v) is 21.0. The maximum Gasteiger partial charge on any atom is 0.410 e. The highest BCUT2D eigenvalue weighted by atomic mass is 79.9. The monoisotopic (exact) mass is 506 g/mol. The van der Waals surface area contributed by atoms with Crippen molar-refractivity contribution in [3.63, 3.8) is 0 Å². The van der Waals surface area contributed by atoms with Crippen molar-refractivity contribution in [2.75, 3.05) is 13.1 Å². The first-order valence-corrected chi connectivity index (χ1v) is 12.1. The zero-order valence-electron chi connectivity index (χ0n) is 18.7. The predicted molar refractivity (Wildman–Crippen MR) is 133 cm³/mol. The van der Waals surface area contributed by atoms with Gasteiger partial charge in [0.2, 0.25) is 0 Å². The molecule has 1 saturated heterocycles. The van der Waals surface area contributed by atoms with Gasteiger partial charge in [0.1, 0.15) is 5.60 Å². The van der Waals surface area contributed by atoms with Crippen LogP contribution in [0.3, 0.4) is 0 Å². The van der Waals surface area contributed by atoms with E-state index in [1.165, 1.54) is 11.1 Å². The van der Waals surface area contributed by atoms with E-state index in [1.807, 2.05) is 49.0 Å². The number of carbonyl (C=O) groups excluding carboxylic acids is 1. The van der Waals surface area contributed by atoms with Crippen molar-refractivity contribution in [1.29, 1.82) is 0 Å². The van der Waals surface area contributed by atoms with Crippen molar-refractivity contribution in [2.24, 2.45) is 5.92 Å². The lowest BCUT2D eigenvalue weighted by Crippen LogP contribution is -2.45. The number of dihydropyridines is 1. The molecule has 0 bridgehead atoms. The van der Waals surface area contributed by atoms with E-state index in [9.17, 15) is 4.79 Å². The number of rotatable bonds is 4. The number of halogens is 2. The summed E-state index contributed by atoms with van der Waals surface area (Å²) in [5.41, 5.74) is 3.23. The Labute approximate surface area is 199 Å². The molecule has 2 unspecified atom stereocenters. The quantitative estimate of drug-likeness (QED) is 0.483. The Balaban J connectivity index is 1.87. The van der Waals surface area contributed by atoms with Crippen LogP contribution in [0.2, 0.25) is 5.02 Å². The van der Waals surface area contributed by atoms with Gasteiger partial charge < -0.3 is 15.0 Å². The van der Waals surface area contributed by atoms with Gasteiger partial charge in [-0.1, -0.05) is 45.2 Å². The molecule has 3 rings (SSSR count). The fraction of sp³-hybridized carbons (Fsp3) is 0.480. The largest absolute Gasteiger partial charge is 0.444 e. The first-order chi connectivity index (χ1) is 14.7. The Hall–Kier alpha value is -1.72. The fourth-order valence-corrected chi connectivity index (χ4v) is 4.98. The molecule has 0 aromatic heterocycles. The highest BCUT2D eigenvalue weighted by molar-refractivity contribution is 9.11. The van der Waals surface area contributed by atoms with Gasteiger partial charge in [-0.2, -0.15) is 0 Å². The molecule has 1 amide bonds. The lowest BCUT2D eigenvalue weighted by atomic mass is 9.72. The first kappa shape index (κ1) is 23.9. The number of ether oxygens (including phenoxy) is 1. The zero-order chi connectivity index (χ0) is 22.6. The molecule has 6 heteroatoms. The van der Waals surface area contributed by atoms with E-state index in [0.717, 1.165) is 23.4 Å². The summed E-state index contributed by atoms with van der Waals surface area (Å²) in [6, 6.07) is 6.35. The van der Waals surface area contributed by atoms with E-state index in [2.05, 4.69) is 52.5 Å². The minimum Gasteiger partial charge on any atom is -0.444 e. The van der Waals surface area contributed by atoms with Crippen LogP contribution in [-0.2, 0) is 4.74 Å². The molecule has 1 N–H and O–H groups in total. The number of amides is 1. The van der Waals surface area contributed by atoms with E-state index < -0.39 is 5.60 Å². The number of carbonyl (C=O) groups is 1. The third kappa shape index (κ3) is 6.17. The number of allylic oxidation sites excluding steroid dienone is 2. The topological polar surface area (TPSA) is 41.6 Å². The van der Waals surface area contributed by atoms with Gasteiger partial charge in [-0.25, -0.2) is 4.79 Å². The molecule has 2 atom stereocenters. The lowest BCUT2D eigenvalue weighted by Gasteiger charge is -2.41. The maximum absolute atomic E-state index is 12.5. The van der Waals surface area contributed by atoms with E-state index in [0.29, 0.717) is 19.0 Å². The molecular weight excluding hydrogens is 476 g/mol. The Bertz CT molecular complexity index is 880. The van der Waals surface area contributed by atoms with E-state index >= 15 is 0 Å². The van der Waals surface area contributed by atoms with Crippen molar-refractivity contribution in [1.82, 2.24) is 10.2 Å². The summed E-state index contributed by atoms with van der Waals surface area (Å²) in [5.74, 6) is 0.688. The highest BCUT2D eigenvalue weighted by Gasteiger charge is 2.36. The second kappa shape index (κ2) is 10.3. The molecule has 4 nitrogen and oxygen atoms in total. The number of piperidine rings is 1. The number of benzene rings is 1. The van der Waals surface area contributed by atoms with Crippen LogP contribution in [0, 0.1) is 5.92 Å². The molecule has 1 fully saturated rings. The average Bonchev–Trinajstić information content (AvgIpc) is 2.70. The molecule has 2 heterocycles. The van der Waals surface area contributed by atoms with E-state index in [-0.39, 0.29) is 18.1 Å². The number of nitrogens with one attached hydrogen (secondary N) is 1. The molecular formula is C25H32BrClN2O2. The van der Waals surface area contributed by atoms with E-state index in [4.69, 9.17) is 16.3 Å². The molecule has 31 heavy (non-hydrogen) atoms. The third-order valence-electron chi connectivity index (χ3n) is 5.93. The van der Waals surface area contributed by atoms with Crippen LogP contribution in [0.4, 0.5) is 4.79 Å². The van der Waals surface area contributed by atoms with Crippen molar-refractivity contribution in [3.05, 3.63) is 63.3 Å². The van der Waals surface area contributed by atoms with Crippen molar-refractivity contribution >= 4 is 39.7 Å². The fourth-order valence-electron chi connectivity index (χ4n) is 4.52. The van der Waals surface area contributed by atoms with Crippen molar-refractivity contribution < 1.29 is 9.53 Å². The average molecular weight is 508 g/mol. The molecule has 2 aliphatic rings. The van der Waals surface area contributed by atoms with Gasteiger partial charge in [-0.15, -0.1) is 0 Å². The Morgan fingerprint density at radius 1 is 1.32 bits per heavy atom. The molecule has 168 valence electrons. The van der Waals surface area contributed by atoms with Gasteiger partial charge >= 0.3 is 6.09 Å². The van der Waals surface area contributed by atoms with Gasteiger partial charge in [0, 0.05) is 24.0 Å². The summed E-state index contributed by atoms with van der Waals surface area (Å²) in [5, 5.41) is 4.32. The minimum absolute atomic E-state index is 0.201. The van der Waals surface area contributed by atoms with Crippen molar-refractivity contribution in [3.8, 4) is 0 Å². The first-order valence-electron chi connectivity index (χ1n) is 10.8. The number of hydrogen-bond donors (Lipinski definition) is 1. The normalized spacial score (nSPS) is 21.0. The van der Waals surface area contributed by atoms with Crippen LogP contribution >= 0.6 is 27.5 Å². The van der Waals surface area contributed by atoms with Gasteiger partial charge in [-0.05, 0) is 93.1 Å². The highest BCUT2D eigenvalue weighted by Crippen LogP contribution is 2.41. The second-order valence-electron chi connectivity index (χ2n) is 9.31. The second-order valence-corrected chi connectivity index (χ2v) is 10.3. The Kier molecular flexibility index (Phi) is 7.92. The van der Waals surface area contributed by atoms with Crippen LogP contribution in [0.15, 0.2) is 47.1 Å².